The Labute approximate surface area is 90.5 Å². The summed E-state index contributed by atoms with van der Waals surface area (Å²) in [4.78, 5) is 0. The second kappa shape index (κ2) is 4.96. The van der Waals surface area contributed by atoms with Gasteiger partial charge in [-0.1, -0.05) is 18.2 Å². The molecule has 0 unspecified atom stereocenters. The maximum Gasteiger partial charge on any atom is 0.163 e. The Kier molecular flexibility index (Phi) is 3.89. The zero-order chi connectivity index (χ0) is 10.6. The molecule has 0 radical (unpaired) electrons. The molecule has 0 fully saturated rings. The van der Waals surface area contributed by atoms with E-state index in [1.54, 1.807) is 0 Å². The molecular formula is C11H16N2S. The molecule has 3 heteroatoms. The van der Waals surface area contributed by atoms with E-state index in [0.29, 0.717) is 5.11 Å². The fourth-order valence-corrected chi connectivity index (χ4v) is 1.51. The number of nitrogens with two attached hydrogens (primary N) is 1. The highest BCUT2D eigenvalue weighted by atomic mass is 32.1. The van der Waals surface area contributed by atoms with Crippen molar-refractivity contribution in [2.45, 2.75) is 20.3 Å². The van der Waals surface area contributed by atoms with Gasteiger partial charge in [0.15, 0.2) is 5.11 Å². The first kappa shape index (κ1) is 11.0. The lowest BCUT2D eigenvalue weighted by Gasteiger charge is -2.08. The minimum atomic E-state index is 0.371. The lowest BCUT2D eigenvalue weighted by atomic mass is 10.0. The van der Waals surface area contributed by atoms with Crippen LogP contribution < -0.4 is 11.1 Å². The molecule has 0 saturated heterocycles. The highest BCUT2D eigenvalue weighted by molar-refractivity contribution is 7.80. The van der Waals surface area contributed by atoms with Gasteiger partial charge in [0.2, 0.25) is 0 Å². The maximum atomic E-state index is 5.34. The number of aryl methyl sites for hydroxylation is 1. The smallest absolute Gasteiger partial charge is 0.163 e. The number of rotatable bonds is 3. The fourth-order valence-electron chi connectivity index (χ4n) is 1.40. The molecule has 0 spiro atoms. The van der Waals surface area contributed by atoms with Crippen molar-refractivity contribution in [1.29, 1.82) is 0 Å². The van der Waals surface area contributed by atoms with Crippen LogP contribution >= 0.6 is 12.2 Å². The molecule has 0 aliphatic rings. The molecule has 0 aliphatic heterocycles. The lowest BCUT2D eigenvalue weighted by Crippen LogP contribution is -2.30. The van der Waals surface area contributed by atoms with Gasteiger partial charge in [-0.25, -0.2) is 0 Å². The van der Waals surface area contributed by atoms with Crippen LogP contribution in [0, 0.1) is 13.8 Å². The van der Waals surface area contributed by atoms with E-state index in [2.05, 4.69) is 37.4 Å². The van der Waals surface area contributed by atoms with E-state index >= 15 is 0 Å². The molecule has 0 aromatic heterocycles. The van der Waals surface area contributed by atoms with Gasteiger partial charge in [-0.3, -0.25) is 0 Å². The molecule has 2 nitrogen and oxygen atoms in total. The molecule has 0 heterocycles. The molecule has 0 bridgehead atoms. The monoisotopic (exact) mass is 208 g/mol. The summed E-state index contributed by atoms with van der Waals surface area (Å²) in [5.41, 5.74) is 9.39. The van der Waals surface area contributed by atoms with Gasteiger partial charge in [-0.05, 0) is 49.2 Å². The Hall–Kier alpha value is -1.09. The zero-order valence-electron chi connectivity index (χ0n) is 8.63. The molecule has 0 saturated carbocycles. The lowest BCUT2D eigenvalue weighted by molar-refractivity contribution is 0.862. The van der Waals surface area contributed by atoms with Crippen LogP contribution in [0.4, 0.5) is 0 Å². The van der Waals surface area contributed by atoms with Crippen molar-refractivity contribution in [2.75, 3.05) is 6.54 Å². The van der Waals surface area contributed by atoms with Crippen molar-refractivity contribution >= 4 is 17.3 Å². The summed E-state index contributed by atoms with van der Waals surface area (Å²) in [6, 6.07) is 6.35. The van der Waals surface area contributed by atoms with Crippen LogP contribution in [0.1, 0.15) is 16.7 Å². The van der Waals surface area contributed by atoms with E-state index in [9.17, 15) is 0 Å². The van der Waals surface area contributed by atoms with Gasteiger partial charge in [0, 0.05) is 6.54 Å². The van der Waals surface area contributed by atoms with E-state index in [-0.39, 0.29) is 0 Å². The third-order valence-corrected chi connectivity index (χ3v) is 2.55. The molecule has 0 aliphatic carbocycles. The second-order valence-electron chi connectivity index (χ2n) is 3.40. The van der Waals surface area contributed by atoms with Crippen molar-refractivity contribution in [3.05, 3.63) is 34.9 Å². The first-order valence-corrected chi connectivity index (χ1v) is 5.10. The SMILES string of the molecule is Cc1cccc(CCNC(N)=S)c1C. The third-order valence-electron chi connectivity index (χ3n) is 2.41. The summed E-state index contributed by atoms with van der Waals surface area (Å²) >= 11 is 4.74. The van der Waals surface area contributed by atoms with Crippen molar-refractivity contribution in [3.8, 4) is 0 Å². The van der Waals surface area contributed by atoms with Gasteiger partial charge in [-0.2, -0.15) is 0 Å². The molecule has 1 aromatic rings. The summed E-state index contributed by atoms with van der Waals surface area (Å²) in [6.45, 7) is 5.07. The van der Waals surface area contributed by atoms with Crippen LogP contribution in [-0.2, 0) is 6.42 Å². The first-order chi connectivity index (χ1) is 6.61. The van der Waals surface area contributed by atoms with E-state index in [1.807, 2.05) is 0 Å². The largest absolute Gasteiger partial charge is 0.376 e. The van der Waals surface area contributed by atoms with Gasteiger partial charge in [0.05, 0.1) is 0 Å². The molecular weight excluding hydrogens is 192 g/mol. The molecule has 0 amide bonds. The molecule has 1 rings (SSSR count). The minimum Gasteiger partial charge on any atom is -0.376 e. The first-order valence-electron chi connectivity index (χ1n) is 4.69. The molecule has 1 aromatic carbocycles. The predicted octanol–water partition coefficient (Wildman–Crippen LogP) is 1.68. The Morgan fingerprint density at radius 2 is 2.14 bits per heavy atom. The van der Waals surface area contributed by atoms with Crippen LogP contribution in [0.3, 0.4) is 0 Å². The molecule has 14 heavy (non-hydrogen) atoms. The number of thiocarbonyl (C=S) groups is 1. The van der Waals surface area contributed by atoms with Gasteiger partial charge >= 0.3 is 0 Å². The van der Waals surface area contributed by atoms with Crippen LogP contribution in [0.25, 0.3) is 0 Å². The molecule has 0 atom stereocenters. The second-order valence-corrected chi connectivity index (χ2v) is 3.84. The summed E-state index contributed by atoms with van der Waals surface area (Å²) in [5, 5.41) is 3.32. The summed E-state index contributed by atoms with van der Waals surface area (Å²) in [5.74, 6) is 0. The quantitative estimate of drug-likeness (QED) is 0.742. The number of nitrogens with one attached hydrogen (secondary N) is 1. The zero-order valence-corrected chi connectivity index (χ0v) is 9.45. The van der Waals surface area contributed by atoms with E-state index in [4.69, 9.17) is 18.0 Å². The van der Waals surface area contributed by atoms with Crippen molar-refractivity contribution < 1.29 is 0 Å². The van der Waals surface area contributed by atoms with Crippen LogP contribution in [-0.4, -0.2) is 11.7 Å². The van der Waals surface area contributed by atoms with Crippen LogP contribution in [0.2, 0.25) is 0 Å². The van der Waals surface area contributed by atoms with E-state index in [0.717, 1.165) is 13.0 Å². The summed E-state index contributed by atoms with van der Waals surface area (Å²) in [7, 11) is 0. The maximum absolute atomic E-state index is 5.34. The highest BCUT2D eigenvalue weighted by Gasteiger charge is 1.99. The topological polar surface area (TPSA) is 38.0 Å². The fraction of sp³-hybridized carbons (Fsp3) is 0.364. The van der Waals surface area contributed by atoms with Crippen molar-refractivity contribution in [1.82, 2.24) is 5.32 Å². The van der Waals surface area contributed by atoms with Gasteiger partial charge in [-0.15, -0.1) is 0 Å². The standard InChI is InChI=1S/C11H16N2S/c1-8-4-3-5-10(9(8)2)6-7-13-11(12)14/h3-5H,6-7H2,1-2H3,(H3,12,13,14). The molecule has 76 valence electrons. The summed E-state index contributed by atoms with van der Waals surface area (Å²) in [6.07, 6.45) is 0.963. The Balaban J connectivity index is 2.59. The highest BCUT2D eigenvalue weighted by Crippen LogP contribution is 2.12. The Morgan fingerprint density at radius 1 is 1.43 bits per heavy atom. The number of benzene rings is 1. The van der Waals surface area contributed by atoms with Gasteiger partial charge in [0.25, 0.3) is 0 Å². The van der Waals surface area contributed by atoms with Crippen molar-refractivity contribution in [3.63, 3.8) is 0 Å². The minimum absolute atomic E-state index is 0.371. The predicted molar refractivity (Wildman–Crippen MR) is 64.4 cm³/mol. The number of hydrogen-bond acceptors (Lipinski definition) is 1. The van der Waals surface area contributed by atoms with Crippen molar-refractivity contribution in [2.24, 2.45) is 5.73 Å². The van der Waals surface area contributed by atoms with Gasteiger partial charge < -0.3 is 11.1 Å². The van der Waals surface area contributed by atoms with Crippen LogP contribution in [0.15, 0.2) is 18.2 Å². The summed E-state index contributed by atoms with van der Waals surface area (Å²) < 4.78 is 0. The Morgan fingerprint density at radius 3 is 2.79 bits per heavy atom. The average Bonchev–Trinajstić information content (AvgIpc) is 2.12. The Bertz CT molecular complexity index is 334. The normalized spacial score (nSPS) is 9.86. The van der Waals surface area contributed by atoms with Crippen LogP contribution in [0.5, 0.6) is 0 Å². The molecule has 3 N–H and O–H groups in total. The van der Waals surface area contributed by atoms with E-state index < -0.39 is 0 Å². The average molecular weight is 208 g/mol. The van der Waals surface area contributed by atoms with E-state index in [1.165, 1.54) is 16.7 Å². The van der Waals surface area contributed by atoms with Gasteiger partial charge in [0.1, 0.15) is 0 Å². The number of hydrogen-bond donors (Lipinski definition) is 2. The third kappa shape index (κ3) is 3.00.